The molecule has 0 aliphatic carbocycles. The fourth-order valence-electron chi connectivity index (χ4n) is 0.942. The molecule has 0 aromatic carbocycles. The number of carboxylic acid groups (broad SMARTS) is 1. The molecule has 3 nitrogen and oxygen atoms in total. The highest BCUT2D eigenvalue weighted by molar-refractivity contribution is 8.03. The molecule has 0 atom stereocenters. The number of aliphatic hydroxyl groups excluding tert-OH is 1. The summed E-state index contributed by atoms with van der Waals surface area (Å²) in [7, 11) is 0. The van der Waals surface area contributed by atoms with Crippen LogP contribution in [-0.2, 0) is 4.79 Å². The van der Waals surface area contributed by atoms with Crippen LogP contribution < -0.4 is 0 Å². The topological polar surface area (TPSA) is 57.5 Å². The zero-order valence-electron chi connectivity index (χ0n) is 9.62. The maximum absolute atomic E-state index is 10.4. The van der Waals surface area contributed by atoms with Gasteiger partial charge in [0.1, 0.15) is 0 Å². The monoisotopic (exact) mass is 232 g/mol. The van der Waals surface area contributed by atoms with E-state index in [4.69, 9.17) is 10.2 Å². The molecule has 0 spiro atoms. The smallest absolute Gasteiger partial charge is 0.303 e. The lowest BCUT2D eigenvalue weighted by Gasteiger charge is -2.21. The highest BCUT2D eigenvalue weighted by atomic mass is 32.2. The summed E-state index contributed by atoms with van der Waals surface area (Å²) in [5.41, 5.74) is 0.989. The number of aliphatic hydroxyl groups is 1. The summed E-state index contributed by atoms with van der Waals surface area (Å²) in [6.07, 6.45) is 1.65. The molecule has 2 N–H and O–H groups in total. The molecule has 0 aromatic heterocycles. The average Bonchev–Trinajstić information content (AvgIpc) is 2.17. The first-order valence-corrected chi connectivity index (χ1v) is 5.97. The van der Waals surface area contributed by atoms with Gasteiger partial charge < -0.3 is 10.2 Å². The maximum atomic E-state index is 10.4. The molecule has 0 saturated heterocycles. The molecule has 0 fully saturated rings. The Morgan fingerprint density at radius 2 is 2.07 bits per heavy atom. The van der Waals surface area contributed by atoms with Crippen molar-refractivity contribution in [2.75, 3.05) is 6.61 Å². The van der Waals surface area contributed by atoms with E-state index in [0.29, 0.717) is 6.42 Å². The number of carbonyl (C=O) groups is 1. The first kappa shape index (κ1) is 14.5. The van der Waals surface area contributed by atoms with E-state index in [1.165, 1.54) is 0 Å². The first-order chi connectivity index (χ1) is 6.91. The lowest BCUT2D eigenvalue weighted by molar-refractivity contribution is -0.137. The van der Waals surface area contributed by atoms with E-state index in [-0.39, 0.29) is 17.8 Å². The Morgan fingerprint density at radius 1 is 1.47 bits per heavy atom. The Hall–Kier alpha value is -0.480. The zero-order valence-corrected chi connectivity index (χ0v) is 10.4. The predicted octanol–water partition coefficient (Wildman–Crippen LogP) is 2.65. The van der Waals surface area contributed by atoms with Crippen LogP contribution in [-0.4, -0.2) is 27.5 Å². The van der Waals surface area contributed by atoms with Crippen LogP contribution >= 0.6 is 11.8 Å². The molecule has 15 heavy (non-hydrogen) atoms. The van der Waals surface area contributed by atoms with Crippen molar-refractivity contribution >= 4 is 17.7 Å². The van der Waals surface area contributed by atoms with Gasteiger partial charge in [0.05, 0.1) is 6.61 Å². The van der Waals surface area contributed by atoms with Crippen LogP contribution in [0.15, 0.2) is 11.0 Å². The number of hydrogen-bond acceptors (Lipinski definition) is 3. The van der Waals surface area contributed by atoms with Gasteiger partial charge in [0.2, 0.25) is 0 Å². The fourth-order valence-corrected chi connectivity index (χ4v) is 1.89. The second-order valence-electron chi connectivity index (χ2n) is 4.06. The van der Waals surface area contributed by atoms with Gasteiger partial charge in [-0.3, -0.25) is 4.79 Å². The van der Waals surface area contributed by atoms with Gasteiger partial charge in [0.15, 0.2) is 0 Å². The molecule has 0 aliphatic heterocycles. The molecule has 0 aromatic rings. The van der Waals surface area contributed by atoms with Gasteiger partial charge in [-0.05, 0) is 23.8 Å². The Labute approximate surface area is 95.6 Å². The summed E-state index contributed by atoms with van der Waals surface area (Å²) in [6.45, 7) is 6.11. The number of thioether (sulfide) groups is 1. The Balaban J connectivity index is 4.12. The summed E-state index contributed by atoms with van der Waals surface area (Å²) in [5, 5.41) is 19.5. The molecule has 0 amide bonds. The molecule has 0 heterocycles. The molecule has 0 bridgehead atoms. The molecular formula is C11H20O3S. The van der Waals surface area contributed by atoms with Crippen LogP contribution in [0.5, 0.6) is 0 Å². The molecule has 0 aliphatic rings. The van der Waals surface area contributed by atoms with Crippen molar-refractivity contribution in [2.24, 2.45) is 0 Å². The third kappa shape index (κ3) is 7.45. The third-order valence-corrected chi connectivity index (χ3v) is 3.44. The van der Waals surface area contributed by atoms with Crippen molar-refractivity contribution in [3.05, 3.63) is 11.0 Å². The fraction of sp³-hybridized carbons (Fsp3) is 0.727. The molecule has 88 valence electrons. The van der Waals surface area contributed by atoms with Gasteiger partial charge in [0, 0.05) is 11.2 Å². The van der Waals surface area contributed by atoms with E-state index < -0.39 is 5.97 Å². The highest BCUT2D eigenvalue weighted by Gasteiger charge is 2.18. The molecule has 0 rings (SSSR count). The second-order valence-corrected chi connectivity index (χ2v) is 5.64. The van der Waals surface area contributed by atoms with Gasteiger partial charge in [-0.15, -0.1) is 11.8 Å². The molecule has 0 radical (unpaired) electrons. The van der Waals surface area contributed by atoms with Crippen LogP contribution in [0.4, 0.5) is 0 Å². The minimum atomic E-state index is -0.759. The van der Waals surface area contributed by atoms with E-state index >= 15 is 0 Å². The summed E-state index contributed by atoms with van der Waals surface area (Å²) in [5.74, 6) is -0.759. The summed E-state index contributed by atoms with van der Waals surface area (Å²) in [4.78, 5) is 10.4. The lowest BCUT2D eigenvalue weighted by Crippen LogP contribution is -2.15. The number of aliphatic carboxylic acids is 1. The van der Waals surface area contributed by atoms with Gasteiger partial charge >= 0.3 is 5.97 Å². The molecule has 0 unspecified atom stereocenters. The lowest BCUT2D eigenvalue weighted by atomic mass is 10.1. The normalized spacial score (nSPS) is 12.9. The Bertz CT molecular complexity index is 228. The van der Waals surface area contributed by atoms with E-state index in [0.717, 1.165) is 12.0 Å². The largest absolute Gasteiger partial charge is 0.481 e. The highest BCUT2D eigenvalue weighted by Crippen LogP contribution is 2.31. The van der Waals surface area contributed by atoms with Gasteiger partial charge in [0.25, 0.3) is 0 Å². The van der Waals surface area contributed by atoms with Crippen molar-refractivity contribution in [2.45, 2.75) is 44.8 Å². The second kappa shape index (κ2) is 6.90. The van der Waals surface area contributed by atoms with Crippen molar-refractivity contribution in [1.82, 2.24) is 0 Å². The van der Waals surface area contributed by atoms with Crippen LogP contribution in [0, 0.1) is 0 Å². The minimum Gasteiger partial charge on any atom is -0.481 e. The minimum absolute atomic E-state index is 0.0819. The van der Waals surface area contributed by atoms with Crippen LogP contribution in [0.3, 0.4) is 0 Å². The van der Waals surface area contributed by atoms with Crippen LogP contribution in [0.2, 0.25) is 0 Å². The van der Waals surface area contributed by atoms with Gasteiger partial charge in [-0.1, -0.05) is 20.8 Å². The van der Waals surface area contributed by atoms with E-state index in [1.54, 1.807) is 11.8 Å². The van der Waals surface area contributed by atoms with E-state index in [9.17, 15) is 4.79 Å². The van der Waals surface area contributed by atoms with Crippen LogP contribution in [0.1, 0.15) is 40.0 Å². The van der Waals surface area contributed by atoms with Gasteiger partial charge in [-0.25, -0.2) is 0 Å². The Morgan fingerprint density at radius 3 is 2.47 bits per heavy atom. The zero-order chi connectivity index (χ0) is 11.9. The summed E-state index contributed by atoms with van der Waals surface area (Å²) < 4.78 is -0.0893. The molecule has 0 saturated carbocycles. The van der Waals surface area contributed by atoms with Crippen molar-refractivity contribution in [3.63, 3.8) is 0 Å². The van der Waals surface area contributed by atoms with Crippen molar-refractivity contribution in [1.29, 1.82) is 0 Å². The maximum Gasteiger partial charge on any atom is 0.303 e. The number of carboxylic acids is 1. The quantitative estimate of drug-likeness (QED) is 0.708. The van der Waals surface area contributed by atoms with Crippen LogP contribution in [0.25, 0.3) is 0 Å². The first-order valence-electron chi connectivity index (χ1n) is 5.09. The van der Waals surface area contributed by atoms with Crippen molar-refractivity contribution in [3.8, 4) is 0 Å². The molecule has 4 heteroatoms. The molecular weight excluding hydrogens is 212 g/mol. The van der Waals surface area contributed by atoms with E-state index in [1.807, 2.05) is 26.2 Å². The number of hydrogen-bond donors (Lipinski definition) is 2. The summed E-state index contributed by atoms with van der Waals surface area (Å²) >= 11 is 1.59. The third-order valence-electron chi connectivity index (χ3n) is 2.14. The number of rotatable bonds is 7. The SMILES string of the molecule is CC/C(=C\SC(C)(C)CCC(=O)O)CO. The Kier molecular flexibility index (Phi) is 6.68. The van der Waals surface area contributed by atoms with E-state index in [2.05, 4.69) is 0 Å². The standard InChI is InChI=1S/C11H20O3S/c1-4-9(7-12)8-15-11(2,3)6-5-10(13)14/h8,12H,4-7H2,1-3H3,(H,13,14)/b9-8+. The van der Waals surface area contributed by atoms with Gasteiger partial charge in [-0.2, -0.15) is 0 Å². The predicted molar refractivity (Wildman–Crippen MR) is 64.0 cm³/mol. The summed E-state index contributed by atoms with van der Waals surface area (Å²) in [6, 6.07) is 0. The van der Waals surface area contributed by atoms with Crippen molar-refractivity contribution < 1.29 is 15.0 Å². The average molecular weight is 232 g/mol.